The minimum absolute atomic E-state index is 0.0430. The van der Waals surface area contributed by atoms with Gasteiger partial charge in [0.15, 0.2) is 23.7 Å². The predicted molar refractivity (Wildman–Crippen MR) is 155 cm³/mol. The molecule has 9 nitrogen and oxygen atoms in total. The Hall–Kier alpha value is -2.88. The van der Waals surface area contributed by atoms with Gasteiger partial charge >= 0.3 is 17.9 Å². The number of carbonyl (C=O) groups is 5. The van der Waals surface area contributed by atoms with E-state index < -0.39 is 70.3 Å². The number of Topliss-reactive ketones (excluding diaryl/α,β-unsaturated/α-hetero) is 1. The van der Waals surface area contributed by atoms with Crippen LogP contribution in [-0.4, -0.2) is 63.7 Å². The number of ether oxygens (including phenoxy) is 2. The van der Waals surface area contributed by atoms with E-state index in [-0.39, 0.29) is 31.0 Å². The van der Waals surface area contributed by atoms with Crippen molar-refractivity contribution in [2.24, 2.45) is 28.6 Å². The molecule has 1 unspecified atom stereocenters. The maximum absolute atomic E-state index is 17.4. The van der Waals surface area contributed by atoms with Crippen LogP contribution in [0.2, 0.25) is 0 Å². The lowest BCUT2D eigenvalue weighted by Gasteiger charge is -2.62. The summed E-state index contributed by atoms with van der Waals surface area (Å²) in [7, 11) is 0. The summed E-state index contributed by atoms with van der Waals surface area (Å²) in [5.74, 6) is -4.00. The van der Waals surface area contributed by atoms with E-state index in [2.05, 4.69) is 0 Å². The van der Waals surface area contributed by atoms with Gasteiger partial charge in [-0.3, -0.25) is 24.0 Å². The molecule has 0 bridgehead atoms. The van der Waals surface area contributed by atoms with Crippen molar-refractivity contribution in [2.75, 3.05) is 6.61 Å². The molecule has 4 rings (SSSR count). The van der Waals surface area contributed by atoms with E-state index in [9.17, 15) is 29.1 Å². The van der Waals surface area contributed by atoms with Gasteiger partial charge in [0.1, 0.15) is 0 Å². The largest absolute Gasteiger partial charge is 0.481 e. The summed E-state index contributed by atoms with van der Waals surface area (Å²) in [6.07, 6.45) is 6.40. The lowest BCUT2D eigenvalue weighted by molar-refractivity contribution is -0.228. The average Bonchev–Trinajstić information content (AvgIpc) is 3.17. The molecule has 0 aromatic heterocycles. The number of allylic oxidation sites excluding steroid dienone is 4. The fraction of sp³-hybridized carbons (Fsp3) is 0.727. The maximum Gasteiger partial charge on any atom is 0.306 e. The number of aliphatic carboxylic acids is 1. The van der Waals surface area contributed by atoms with Gasteiger partial charge in [-0.1, -0.05) is 52.7 Å². The van der Waals surface area contributed by atoms with Crippen molar-refractivity contribution in [1.29, 1.82) is 0 Å². The highest BCUT2D eigenvalue weighted by molar-refractivity contribution is 6.01. The Morgan fingerprint density at radius 3 is 2.28 bits per heavy atom. The molecular weight excluding hydrogens is 559 g/mol. The summed E-state index contributed by atoms with van der Waals surface area (Å²) in [5.41, 5.74) is -5.26. The van der Waals surface area contributed by atoms with Crippen LogP contribution in [0.15, 0.2) is 23.8 Å². The number of unbranched alkanes of at least 4 members (excludes halogenated alkanes) is 1. The van der Waals surface area contributed by atoms with E-state index in [0.717, 1.165) is 12.8 Å². The lowest BCUT2D eigenvalue weighted by Crippen LogP contribution is -2.70. The number of hydrogen-bond donors (Lipinski definition) is 2. The number of rotatable bonds is 9. The Morgan fingerprint density at radius 1 is 1.07 bits per heavy atom. The minimum atomic E-state index is -2.05. The first kappa shape index (κ1) is 34.6. The zero-order valence-corrected chi connectivity index (χ0v) is 26.2. The molecule has 4 aliphatic carbocycles. The van der Waals surface area contributed by atoms with Gasteiger partial charge < -0.3 is 19.7 Å². The second-order valence-electron chi connectivity index (χ2n) is 12.9. The Bertz CT molecular complexity index is 1190. The van der Waals surface area contributed by atoms with Crippen molar-refractivity contribution in [3.8, 4) is 0 Å². The molecule has 240 valence electrons. The number of alkyl halides is 1. The topological polar surface area (TPSA) is 144 Å². The van der Waals surface area contributed by atoms with Crippen LogP contribution in [0, 0.1) is 28.6 Å². The number of aliphatic hydroxyl groups excluding tert-OH is 1. The summed E-state index contributed by atoms with van der Waals surface area (Å²) < 4.78 is 28.5. The van der Waals surface area contributed by atoms with Crippen molar-refractivity contribution in [3.05, 3.63) is 23.8 Å². The van der Waals surface area contributed by atoms with Crippen LogP contribution in [-0.2, 0) is 33.4 Å². The molecule has 3 saturated carbocycles. The van der Waals surface area contributed by atoms with Gasteiger partial charge in [0, 0.05) is 41.9 Å². The highest BCUT2D eigenvalue weighted by Crippen LogP contribution is 2.71. The van der Waals surface area contributed by atoms with Gasteiger partial charge in [-0.15, -0.1) is 0 Å². The lowest BCUT2D eigenvalue weighted by atomic mass is 9.44. The van der Waals surface area contributed by atoms with Crippen molar-refractivity contribution in [3.63, 3.8) is 0 Å². The van der Waals surface area contributed by atoms with Gasteiger partial charge in [0.05, 0.1) is 6.10 Å². The average molecular weight is 607 g/mol. The molecule has 0 aromatic rings. The number of fused-ring (bicyclic) bond motifs is 5. The third kappa shape index (κ3) is 5.71. The van der Waals surface area contributed by atoms with Crippen LogP contribution < -0.4 is 0 Å². The highest BCUT2D eigenvalue weighted by Gasteiger charge is 2.77. The monoisotopic (exact) mass is 606 g/mol. The van der Waals surface area contributed by atoms with Gasteiger partial charge in [-0.05, 0) is 57.1 Å². The van der Waals surface area contributed by atoms with E-state index in [4.69, 9.17) is 14.6 Å². The third-order valence-electron chi connectivity index (χ3n) is 10.6. The van der Waals surface area contributed by atoms with E-state index >= 15 is 4.39 Å². The van der Waals surface area contributed by atoms with Crippen LogP contribution in [0.5, 0.6) is 0 Å². The zero-order chi connectivity index (χ0) is 32.4. The maximum atomic E-state index is 17.4. The first-order valence-corrected chi connectivity index (χ1v) is 15.5. The normalized spacial score (nSPS) is 37.5. The van der Waals surface area contributed by atoms with Gasteiger partial charge in [-0.2, -0.15) is 0 Å². The van der Waals surface area contributed by atoms with Crippen molar-refractivity contribution >= 4 is 29.5 Å². The summed E-state index contributed by atoms with van der Waals surface area (Å²) in [4.78, 5) is 60.1. The van der Waals surface area contributed by atoms with E-state index in [1.54, 1.807) is 33.8 Å². The second kappa shape index (κ2) is 13.0. The molecule has 0 heterocycles. The van der Waals surface area contributed by atoms with Crippen LogP contribution in [0.25, 0.3) is 0 Å². The zero-order valence-electron chi connectivity index (χ0n) is 26.2. The molecule has 43 heavy (non-hydrogen) atoms. The molecule has 0 saturated heterocycles. The number of carboxylic acids is 1. The highest BCUT2D eigenvalue weighted by atomic mass is 19.1. The van der Waals surface area contributed by atoms with Gasteiger partial charge in [0.25, 0.3) is 0 Å². The van der Waals surface area contributed by atoms with Crippen molar-refractivity contribution < 1.29 is 48.0 Å². The van der Waals surface area contributed by atoms with E-state index in [1.807, 2.05) is 13.8 Å². The van der Waals surface area contributed by atoms with Crippen LogP contribution in [0.1, 0.15) is 99.3 Å². The standard InChI is InChI=1S/C28H37FO7.C5H10O2/c1-6-23(33)35-15-22(32)28(36-24(34)7-2)16(3)12-20-19-9-8-17-13-18(30)10-11-25(17,4)27(19,29)21(31)14-26(20,28)5;1-2-3-4-5(6)7/h10-11,13,16,19-21,31H,6-9,12,14-15H2,1-5H3;2-4H2,1H3,(H,6,7)/t16-,19-,20-,21-,25-,26-,27?,28-;/m0./s1. The molecule has 0 radical (unpaired) electrons. The first-order valence-electron chi connectivity index (χ1n) is 15.5. The third-order valence-corrected chi connectivity index (χ3v) is 10.6. The number of aliphatic hydroxyl groups is 1. The Morgan fingerprint density at radius 2 is 1.72 bits per heavy atom. The molecule has 4 aliphatic rings. The van der Waals surface area contributed by atoms with Gasteiger partial charge in [0.2, 0.25) is 5.78 Å². The van der Waals surface area contributed by atoms with Crippen LogP contribution in [0.3, 0.4) is 0 Å². The molecule has 8 atom stereocenters. The van der Waals surface area contributed by atoms with Gasteiger partial charge in [-0.25, -0.2) is 4.39 Å². The first-order chi connectivity index (χ1) is 20.1. The fourth-order valence-electron chi connectivity index (χ4n) is 8.33. The number of esters is 2. The molecule has 0 aromatic carbocycles. The number of hydrogen-bond acceptors (Lipinski definition) is 8. The predicted octanol–water partition coefficient (Wildman–Crippen LogP) is 5.08. The Kier molecular flexibility index (Phi) is 10.5. The summed E-state index contributed by atoms with van der Waals surface area (Å²) in [6.45, 7) is 10.0. The molecule has 0 amide bonds. The van der Waals surface area contributed by atoms with E-state index in [1.165, 1.54) is 12.2 Å². The second-order valence-corrected chi connectivity index (χ2v) is 12.9. The van der Waals surface area contributed by atoms with Crippen LogP contribution >= 0.6 is 0 Å². The number of carbonyl (C=O) groups excluding carboxylic acids is 4. The van der Waals surface area contributed by atoms with Crippen molar-refractivity contribution in [2.45, 2.75) is 117 Å². The molecule has 2 N–H and O–H groups in total. The number of halogens is 1. The minimum Gasteiger partial charge on any atom is -0.481 e. The molecule has 3 fully saturated rings. The molecular formula is C33H47FO9. The smallest absolute Gasteiger partial charge is 0.306 e. The molecule has 10 heteroatoms. The van der Waals surface area contributed by atoms with E-state index in [0.29, 0.717) is 31.3 Å². The van der Waals surface area contributed by atoms with Crippen molar-refractivity contribution in [1.82, 2.24) is 0 Å². The SMILES string of the molecule is CCC(=O)OCC(=O)[C@@]1(OC(=O)CC)[C@@H](C)C[C@H]2[C@@H]3CCC4=CC(=O)C=C[C@]4(C)C3(F)[C@@H](O)C[C@@]21C.CCCCC(=O)O. The Labute approximate surface area is 253 Å². The molecule has 0 spiro atoms. The summed E-state index contributed by atoms with van der Waals surface area (Å²) in [5, 5.41) is 19.6. The molecule has 0 aliphatic heterocycles. The quantitative estimate of drug-likeness (QED) is 0.343. The number of ketones is 2. The number of carboxylic acid groups (broad SMARTS) is 1. The summed E-state index contributed by atoms with van der Waals surface area (Å²) in [6, 6.07) is 0. The summed E-state index contributed by atoms with van der Waals surface area (Å²) >= 11 is 0. The van der Waals surface area contributed by atoms with Crippen LogP contribution in [0.4, 0.5) is 4.39 Å². The fourth-order valence-corrected chi connectivity index (χ4v) is 8.33. The Balaban J connectivity index is 0.000000646.